The molecule has 2 nitrogen and oxygen atoms in total. The van der Waals surface area contributed by atoms with Crippen LogP contribution in [0.5, 0.6) is 0 Å². The molecule has 1 heterocycles. The van der Waals surface area contributed by atoms with E-state index in [2.05, 4.69) is 25.3 Å². The van der Waals surface area contributed by atoms with E-state index in [0.29, 0.717) is 0 Å². The van der Waals surface area contributed by atoms with Gasteiger partial charge in [-0.05, 0) is 49.1 Å². The van der Waals surface area contributed by atoms with Crippen LogP contribution in [-0.2, 0) is 4.74 Å². The molecule has 2 rings (SSSR count). The molecule has 1 aliphatic rings. The van der Waals surface area contributed by atoms with Crippen molar-refractivity contribution in [3.8, 4) is 0 Å². The second-order valence-corrected chi connectivity index (χ2v) is 6.39. The van der Waals surface area contributed by atoms with Crippen molar-refractivity contribution in [3.05, 3.63) is 21.9 Å². The fourth-order valence-corrected chi connectivity index (χ4v) is 3.75. The van der Waals surface area contributed by atoms with E-state index in [-0.39, 0.29) is 12.1 Å². The minimum atomic E-state index is 0.0931. The predicted octanol–water partition coefficient (Wildman–Crippen LogP) is 4.04. The Morgan fingerprint density at radius 1 is 1.44 bits per heavy atom. The Hall–Kier alpha value is -0.380. The van der Waals surface area contributed by atoms with Gasteiger partial charge in [0.05, 0.1) is 6.61 Å². The van der Waals surface area contributed by atoms with Crippen LogP contribution in [0.15, 0.2) is 11.4 Å². The van der Waals surface area contributed by atoms with Crippen LogP contribution >= 0.6 is 11.3 Å². The van der Waals surface area contributed by atoms with Crippen molar-refractivity contribution in [1.29, 1.82) is 0 Å². The molecule has 1 saturated carbocycles. The van der Waals surface area contributed by atoms with Crippen LogP contribution in [-0.4, -0.2) is 12.6 Å². The molecule has 1 fully saturated rings. The highest BCUT2D eigenvalue weighted by atomic mass is 32.1. The molecule has 0 radical (unpaired) electrons. The first kappa shape index (κ1) is 14.0. The van der Waals surface area contributed by atoms with Crippen LogP contribution in [0, 0.1) is 12.8 Å². The molecule has 1 aromatic rings. The fraction of sp³-hybridized carbons (Fsp3) is 0.733. The topological polar surface area (TPSA) is 35.2 Å². The lowest BCUT2D eigenvalue weighted by atomic mass is 10.0. The van der Waals surface area contributed by atoms with E-state index in [1.54, 1.807) is 11.3 Å². The third-order valence-electron chi connectivity index (χ3n) is 4.01. The Labute approximate surface area is 115 Å². The number of rotatable bonds is 6. The van der Waals surface area contributed by atoms with Crippen LogP contribution in [0.1, 0.15) is 55.6 Å². The third-order valence-corrected chi connectivity index (χ3v) is 5.09. The van der Waals surface area contributed by atoms with Crippen LogP contribution in [0.4, 0.5) is 0 Å². The zero-order valence-corrected chi connectivity index (χ0v) is 12.3. The van der Waals surface area contributed by atoms with Crippen molar-refractivity contribution in [1.82, 2.24) is 0 Å². The van der Waals surface area contributed by atoms with E-state index >= 15 is 0 Å². The van der Waals surface area contributed by atoms with E-state index in [4.69, 9.17) is 10.5 Å². The van der Waals surface area contributed by atoms with E-state index in [1.807, 2.05) is 0 Å². The van der Waals surface area contributed by atoms with Gasteiger partial charge in [0.1, 0.15) is 6.10 Å². The van der Waals surface area contributed by atoms with Gasteiger partial charge in [0.25, 0.3) is 0 Å². The summed E-state index contributed by atoms with van der Waals surface area (Å²) in [5.41, 5.74) is 7.56. The summed E-state index contributed by atoms with van der Waals surface area (Å²) in [6.07, 6.45) is 6.46. The van der Waals surface area contributed by atoms with Gasteiger partial charge < -0.3 is 10.5 Å². The lowest BCUT2D eigenvalue weighted by molar-refractivity contribution is 0.0145. The molecule has 0 aliphatic heterocycles. The van der Waals surface area contributed by atoms with Gasteiger partial charge in [0, 0.05) is 10.9 Å². The highest BCUT2D eigenvalue weighted by Crippen LogP contribution is 2.32. The van der Waals surface area contributed by atoms with Gasteiger partial charge in [-0.15, -0.1) is 11.3 Å². The molecular formula is C15H25NOS. The molecule has 102 valence electrons. The summed E-state index contributed by atoms with van der Waals surface area (Å²) < 4.78 is 6.19. The average molecular weight is 267 g/mol. The van der Waals surface area contributed by atoms with Crippen molar-refractivity contribution < 1.29 is 4.74 Å². The number of nitrogens with two attached hydrogens (primary N) is 1. The largest absolute Gasteiger partial charge is 0.371 e. The Balaban J connectivity index is 1.99. The summed E-state index contributed by atoms with van der Waals surface area (Å²) in [7, 11) is 0. The molecule has 0 spiro atoms. The van der Waals surface area contributed by atoms with Crippen molar-refractivity contribution in [2.45, 2.75) is 58.1 Å². The quantitative estimate of drug-likeness (QED) is 0.844. The summed E-state index contributed by atoms with van der Waals surface area (Å²) in [6, 6.07) is 2.28. The van der Waals surface area contributed by atoms with Gasteiger partial charge in [-0.3, -0.25) is 0 Å². The molecule has 0 aromatic carbocycles. The van der Waals surface area contributed by atoms with Crippen molar-refractivity contribution in [2.24, 2.45) is 11.7 Å². The van der Waals surface area contributed by atoms with E-state index in [9.17, 15) is 0 Å². The SMILES string of the molecule is CCC(N)C(OCC1CCCC1)c1sccc1C. The molecule has 0 saturated heterocycles. The first-order valence-corrected chi connectivity index (χ1v) is 8.01. The molecule has 1 aromatic heterocycles. The first-order chi connectivity index (χ1) is 8.72. The summed E-state index contributed by atoms with van der Waals surface area (Å²) in [6.45, 7) is 5.18. The van der Waals surface area contributed by atoms with Crippen LogP contribution < -0.4 is 5.73 Å². The lowest BCUT2D eigenvalue weighted by Crippen LogP contribution is -2.30. The second kappa shape index (κ2) is 6.69. The normalized spacial score (nSPS) is 20.2. The number of aryl methyl sites for hydroxylation is 1. The lowest BCUT2D eigenvalue weighted by Gasteiger charge is -2.25. The second-order valence-electron chi connectivity index (χ2n) is 5.44. The first-order valence-electron chi connectivity index (χ1n) is 7.13. The van der Waals surface area contributed by atoms with Gasteiger partial charge in [-0.25, -0.2) is 0 Å². The molecular weight excluding hydrogens is 242 g/mol. The van der Waals surface area contributed by atoms with Crippen molar-refractivity contribution in [3.63, 3.8) is 0 Å². The molecule has 2 unspecified atom stereocenters. The molecule has 3 heteroatoms. The summed E-state index contributed by atoms with van der Waals surface area (Å²) in [5, 5.41) is 2.14. The average Bonchev–Trinajstić information content (AvgIpc) is 3.01. The highest BCUT2D eigenvalue weighted by molar-refractivity contribution is 7.10. The van der Waals surface area contributed by atoms with Crippen LogP contribution in [0.3, 0.4) is 0 Å². The van der Waals surface area contributed by atoms with Crippen molar-refractivity contribution in [2.75, 3.05) is 6.61 Å². The Morgan fingerprint density at radius 2 is 2.17 bits per heavy atom. The van der Waals surface area contributed by atoms with E-state index in [1.165, 1.54) is 36.1 Å². The summed E-state index contributed by atoms with van der Waals surface area (Å²) in [5.74, 6) is 0.761. The Kier molecular flexibility index (Phi) is 5.22. The fourth-order valence-electron chi connectivity index (χ4n) is 2.70. The smallest absolute Gasteiger partial charge is 0.107 e. The van der Waals surface area contributed by atoms with Crippen LogP contribution in [0.2, 0.25) is 0 Å². The molecule has 2 atom stereocenters. The van der Waals surface area contributed by atoms with Gasteiger partial charge >= 0.3 is 0 Å². The summed E-state index contributed by atoms with van der Waals surface area (Å²) >= 11 is 1.78. The van der Waals surface area contributed by atoms with Gasteiger partial charge in [-0.1, -0.05) is 19.8 Å². The predicted molar refractivity (Wildman–Crippen MR) is 78.0 cm³/mol. The minimum Gasteiger partial charge on any atom is -0.371 e. The van der Waals surface area contributed by atoms with E-state index < -0.39 is 0 Å². The molecule has 2 N–H and O–H groups in total. The summed E-state index contributed by atoms with van der Waals surface area (Å²) in [4.78, 5) is 1.32. The number of ether oxygens (including phenoxy) is 1. The van der Waals surface area contributed by atoms with Gasteiger partial charge in [0.2, 0.25) is 0 Å². The van der Waals surface area contributed by atoms with Crippen LogP contribution in [0.25, 0.3) is 0 Å². The number of thiophene rings is 1. The molecule has 0 bridgehead atoms. The number of hydrogen-bond acceptors (Lipinski definition) is 3. The maximum absolute atomic E-state index is 6.24. The zero-order chi connectivity index (χ0) is 13.0. The van der Waals surface area contributed by atoms with Crippen molar-refractivity contribution >= 4 is 11.3 Å². The zero-order valence-electron chi connectivity index (χ0n) is 11.5. The number of hydrogen-bond donors (Lipinski definition) is 1. The maximum atomic E-state index is 6.24. The highest BCUT2D eigenvalue weighted by Gasteiger charge is 2.24. The minimum absolute atomic E-state index is 0.0931. The van der Waals surface area contributed by atoms with Gasteiger partial charge in [0.15, 0.2) is 0 Å². The molecule has 0 amide bonds. The Morgan fingerprint density at radius 3 is 2.72 bits per heavy atom. The maximum Gasteiger partial charge on any atom is 0.107 e. The standard InChI is InChI=1S/C15H25NOS/c1-3-13(16)14(15-11(2)8-9-18-15)17-10-12-6-4-5-7-12/h8-9,12-14H,3-7,10,16H2,1-2H3. The van der Waals surface area contributed by atoms with Gasteiger partial charge in [-0.2, -0.15) is 0 Å². The van der Waals surface area contributed by atoms with E-state index in [0.717, 1.165) is 18.9 Å². The molecule has 18 heavy (non-hydrogen) atoms. The third kappa shape index (κ3) is 3.34. The Bertz CT molecular complexity index is 357. The molecule has 1 aliphatic carbocycles. The monoisotopic (exact) mass is 267 g/mol.